The number of carboxylic acid groups (broad SMARTS) is 1. The Labute approximate surface area is 142 Å². The van der Waals surface area contributed by atoms with Gasteiger partial charge in [-0.3, -0.25) is 0 Å². The highest BCUT2D eigenvalue weighted by Gasteiger charge is 2.11. The first-order valence-electron chi connectivity index (χ1n) is 7.17. The van der Waals surface area contributed by atoms with E-state index in [-0.39, 0.29) is 5.56 Å². The molecular formula is C19H14BrNO2. The molecule has 1 N–H and O–H groups in total. The minimum Gasteiger partial charge on any atom is -0.478 e. The lowest BCUT2D eigenvalue weighted by atomic mass is 10.1. The molecule has 2 aromatic carbocycles. The van der Waals surface area contributed by atoms with Crippen molar-refractivity contribution in [3.05, 3.63) is 82.0 Å². The Morgan fingerprint density at radius 3 is 2.65 bits per heavy atom. The smallest absolute Gasteiger partial charge is 0.336 e. The zero-order valence-corrected chi connectivity index (χ0v) is 13.8. The van der Waals surface area contributed by atoms with Gasteiger partial charge in [0, 0.05) is 9.86 Å². The van der Waals surface area contributed by atoms with Gasteiger partial charge in [0.15, 0.2) is 0 Å². The Morgan fingerprint density at radius 1 is 1.13 bits per heavy atom. The Morgan fingerprint density at radius 2 is 1.91 bits per heavy atom. The Bertz CT molecular complexity index is 889. The summed E-state index contributed by atoms with van der Waals surface area (Å²) in [5.41, 5.74) is 2.78. The number of aromatic carboxylic acids is 1. The predicted molar refractivity (Wildman–Crippen MR) is 95.6 cm³/mol. The molecule has 0 saturated heterocycles. The van der Waals surface area contributed by atoms with Crippen molar-refractivity contribution in [2.24, 2.45) is 0 Å². The zero-order valence-electron chi connectivity index (χ0n) is 12.2. The number of benzene rings is 2. The number of halogens is 1. The van der Waals surface area contributed by atoms with E-state index in [1.54, 1.807) is 12.1 Å². The zero-order chi connectivity index (χ0) is 16.2. The van der Waals surface area contributed by atoms with Crippen LogP contribution < -0.4 is 0 Å². The van der Waals surface area contributed by atoms with Gasteiger partial charge in [0.2, 0.25) is 0 Å². The van der Waals surface area contributed by atoms with E-state index in [2.05, 4.69) is 33.0 Å². The number of pyridine rings is 1. The highest BCUT2D eigenvalue weighted by atomic mass is 79.9. The summed E-state index contributed by atoms with van der Waals surface area (Å²) in [6.07, 6.45) is 4.64. The van der Waals surface area contributed by atoms with Gasteiger partial charge in [-0.15, -0.1) is 0 Å². The van der Waals surface area contributed by atoms with Crippen LogP contribution in [0.15, 0.2) is 65.1 Å². The van der Waals surface area contributed by atoms with Gasteiger partial charge in [-0.05, 0) is 42.3 Å². The van der Waals surface area contributed by atoms with E-state index in [0.717, 1.165) is 10.9 Å². The molecule has 1 heterocycles. The second kappa shape index (κ2) is 6.75. The molecule has 0 aliphatic rings. The van der Waals surface area contributed by atoms with Crippen LogP contribution in [0.1, 0.15) is 21.6 Å². The van der Waals surface area contributed by atoms with Crippen LogP contribution in [0.4, 0.5) is 0 Å². The SMILES string of the molecule is O=C(O)c1cc(C=CCc2ccccc2)nc2ccc(Br)cc12. The largest absolute Gasteiger partial charge is 0.478 e. The molecule has 114 valence electrons. The summed E-state index contributed by atoms with van der Waals surface area (Å²) in [5, 5.41) is 10.1. The minimum absolute atomic E-state index is 0.260. The van der Waals surface area contributed by atoms with Crippen LogP contribution in [0, 0.1) is 0 Å². The topological polar surface area (TPSA) is 50.2 Å². The number of aromatic nitrogens is 1. The van der Waals surface area contributed by atoms with E-state index >= 15 is 0 Å². The van der Waals surface area contributed by atoms with Gasteiger partial charge >= 0.3 is 5.97 Å². The lowest BCUT2D eigenvalue weighted by Gasteiger charge is -2.05. The van der Waals surface area contributed by atoms with Crippen molar-refractivity contribution >= 4 is 38.9 Å². The molecule has 0 amide bonds. The molecule has 0 fully saturated rings. The molecule has 3 nitrogen and oxygen atoms in total. The van der Waals surface area contributed by atoms with E-state index in [4.69, 9.17) is 0 Å². The number of carbonyl (C=O) groups is 1. The van der Waals surface area contributed by atoms with E-state index in [9.17, 15) is 9.90 Å². The monoisotopic (exact) mass is 367 g/mol. The summed E-state index contributed by atoms with van der Waals surface area (Å²) < 4.78 is 0.835. The number of fused-ring (bicyclic) bond motifs is 1. The van der Waals surface area contributed by atoms with Crippen LogP contribution in [0.2, 0.25) is 0 Å². The lowest BCUT2D eigenvalue weighted by Crippen LogP contribution is -2.00. The molecule has 0 radical (unpaired) electrons. The Balaban J connectivity index is 1.95. The van der Waals surface area contributed by atoms with Gasteiger partial charge in [0.1, 0.15) is 0 Å². The molecular weight excluding hydrogens is 354 g/mol. The highest BCUT2D eigenvalue weighted by molar-refractivity contribution is 9.10. The summed E-state index contributed by atoms with van der Waals surface area (Å²) in [5.74, 6) is -0.951. The quantitative estimate of drug-likeness (QED) is 0.709. The Hall–Kier alpha value is -2.46. The third kappa shape index (κ3) is 3.66. The molecule has 0 aliphatic heterocycles. The van der Waals surface area contributed by atoms with Gasteiger partial charge < -0.3 is 5.11 Å². The third-order valence-corrected chi connectivity index (χ3v) is 4.00. The van der Waals surface area contributed by atoms with Gasteiger partial charge in [0.25, 0.3) is 0 Å². The van der Waals surface area contributed by atoms with Gasteiger partial charge in [0.05, 0.1) is 16.8 Å². The third-order valence-electron chi connectivity index (χ3n) is 3.51. The van der Waals surface area contributed by atoms with Crippen molar-refractivity contribution < 1.29 is 9.90 Å². The van der Waals surface area contributed by atoms with Crippen LogP contribution in [-0.4, -0.2) is 16.1 Å². The summed E-state index contributed by atoms with van der Waals surface area (Å²) in [7, 11) is 0. The van der Waals surface area contributed by atoms with Gasteiger partial charge in [-0.25, -0.2) is 9.78 Å². The van der Waals surface area contributed by atoms with Crippen LogP contribution in [0.3, 0.4) is 0 Å². The van der Waals surface area contributed by atoms with Crippen molar-refractivity contribution in [3.63, 3.8) is 0 Å². The molecule has 0 saturated carbocycles. The fraction of sp³-hybridized carbons (Fsp3) is 0.0526. The van der Waals surface area contributed by atoms with Crippen molar-refractivity contribution in [2.75, 3.05) is 0 Å². The minimum atomic E-state index is -0.951. The molecule has 4 heteroatoms. The molecule has 0 bridgehead atoms. The number of hydrogen-bond acceptors (Lipinski definition) is 2. The number of rotatable bonds is 4. The maximum absolute atomic E-state index is 11.5. The maximum atomic E-state index is 11.5. The summed E-state index contributed by atoms with van der Waals surface area (Å²) >= 11 is 3.37. The first-order chi connectivity index (χ1) is 11.1. The first kappa shape index (κ1) is 15.4. The molecule has 23 heavy (non-hydrogen) atoms. The van der Waals surface area contributed by atoms with Crippen molar-refractivity contribution in [2.45, 2.75) is 6.42 Å². The number of hydrogen-bond donors (Lipinski definition) is 1. The standard InChI is InChI=1S/C19H14BrNO2/c20-14-9-10-18-16(11-14)17(19(22)23)12-15(21-18)8-4-7-13-5-2-1-3-6-13/h1-6,8-12H,7H2,(H,22,23). The molecule has 3 aromatic rings. The van der Waals surface area contributed by atoms with Crippen molar-refractivity contribution in [3.8, 4) is 0 Å². The van der Waals surface area contributed by atoms with Crippen LogP contribution in [0.5, 0.6) is 0 Å². The average Bonchev–Trinajstić information content (AvgIpc) is 2.55. The van der Waals surface area contributed by atoms with Crippen molar-refractivity contribution in [1.29, 1.82) is 0 Å². The molecule has 0 unspecified atom stereocenters. The fourth-order valence-electron chi connectivity index (χ4n) is 2.41. The molecule has 1 aromatic heterocycles. The molecule has 3 rings (SSSR count). The first-order valence-corrected chi connectivity index (χ1v) is 7.97. The van der Waals surface area contributed by atoms with Crippen LogP contribution >= 0.6 is 15.9 Å². The second-order valence-electron chi connectivity index (χ2n) is 5.15. The van der Waals surface area contributed by atoms with Crippen LogP contribution in [0.25, 0.3) is 17.0 Å². The molecule has 0 atom stereocenters. The predicted octanol–water partition coefficient (Wildman–Crippen LogP) is 4.95. The Kier molecular flexibility index (Phi) is 4.53. The molecule has 0 spiro atoms. The fourth-order valence-corrected chi connectivity index (χ4v) is 2.77. The maximum Gasteiger partial charge on any atom is 0.336 e. The normalized spacial score (nSPS) is 11.2. The summed E-state index contributed by atoms with van der Waals surface area (Å²) in [4.78, 5) is 16.0. The number of carboxylic acids is 1. The van der Waals surface area contributed by atoms with Gasteiger partial charge in [-0.2, -0.15) is 0 Å². The highest BCUT2D eigenvalue weighted by Crippen LogP contribution is 2.23. The molecule has 0 aliphatic carbocycles. The number of nitrogens with zero attached hydrogens (tertiary/aromatic N) is 1. The lowest BCUT2D eigenvalue weighted by molar-refractivity contribution is 0.0699. The van der Waals surface area contributed by atoms with E-state index in [1.807, 2.05) is 42.5 Å². The number of allylic oxidation sites excluding steroid dienone is 1. The average molecular weight is 368 g/mol. The van der Waals surface area contributed by atoms with E-state index in [0.29, 0.717) is 16.6 Å². The second-order valence-corrected chi connectivity index (χ2v) is 6.07. The van der Waals surface area contributed by atoms with E-state index in [1.165, 1.54) is 5.56 Å². The summed E-state index contributed by atoms with van der Waals surface area (Å²) in [6.45, 7) is 0. The van der Waals surface area contributed by atoms with Crippen molar-refractivity contribution in [1.82, 2.24) is 4.98 Å². The van der Waals surface area contributed by atoms with Crippen LogP contribution in [-0.2, 0) is 6.42 Å². The van der Waals surface area contributed by atoms with E-state index < -0.39 is 5.97 Å². The summed E-state index contributed by atoms with van der Waals surface area (Å²) in [6, 6.07) is 17.2. The van der Waals surface area contributed by atoms with Gasteiger partial charge in [-0.1, -0.05) is 52.3 Å².